The zero-order valence-electron chi connectivity index (χ0n) is 3.92. The van der Waals surface area contributed by atoms with Crippen molar-refractivity contribution in [1.29, 1.82) is 0 Å². The highest BCUT2D eigenvalue weighted by molar-refractivity contribution is 4.80. The molecule has 0 aromatic heterocycles. The average molecular weight is 126 g/mol. The third kappa shape index (κ3) is 2.13. The van der Waals surface area contributed by atoms with Crippen LogP contribution in [0.2, 0.25) is 0 Å². The van der Waals surface area contributed by atoms with Crippen molar-refractivity contribution in [2.45, 2.75) is 12.5 Å². The number of hydrogen-bond acceptors (Lipinski definition) is 2. The van der Waals surface area contributed by atoms with Gasteiger partial charge in [0.1, 0.15) is 0 Å². The Kier molecular flexibility index (Phi) is 1.16. The third-order valence-corrected chi connectivity index (χ3v) is 0.746. The first kappa shape index (κ1) is 5.84. The van der Waals surface area contributed by atoms with E-state index in [0.717, 1.165) is 0 Å². The van der Waals surface area contributed by atoms with Crippen molar-refractivity contribution in [2.75, 3.05) is 6.54 Å². The van der Waals surface area contributed by atoms with Gasteiger partial charge in [0.05, 0.1) is 6.17 Å². The number of hydrogen-bond donors (Lipinski definition) is 2. The summed E-state index contributed by atoms with van der Waals surface area (Å²) in [6.45, 7) is 0.416. The van der Waals surface area contributed by atoms with Gasteiger partial charge in [-0.3, -0.25) is 5.32 Å². The second-order valence-electron chi connectivity index (χ2n) is 1.60. The first-order chi connectivity index (χ1) is 3.58. The standard InChI is InChI=1S/C3H5F3N2/c4-3(5,6)8-2-1-7-2/h2,7-8H,1H2. The zero-order valence-corrected chi connectivity index (χ0v) is 3.92. The smallest absolute Gasteiger partial charge is 0.298 e. The Labute approximate surface area is 44.1 Å². The summed E-state index contributed by atoms with van der Waals surface area (Å²) in [5, 5.41) is 3.84. The third-order valence-electron chi connectivity index (χ3n) is 0.746. The lowest BCUT2D eigenvalue weighted by Crippen LogP contribution is -2.35. The summed E-state index contributed by atoms with van der Waals surface area (Å²) in [6, 6.07) is 0. The maximum absolute atomic E-state index is 11.2. The molecule has 0 amide bonds. The molecule has 8 heavy (non-hydrogen) atoms. The van der Waals surface area contributed by atoms with Crippen LogP contribution in [0.15, 0.2) is 0 Å². The lowest BCUT2D eigenvalue weighted by atomic mass is 10.7. The molecule has 1 aliphatic rings. The van der Waals surface area contributed by atoms with Gasteiger partial charge in [-0.25, -0.2) is 5.32 Å². The predicted octanol–water partition coefficient (Wildman–Crippen LogP) is 0.0251. The monoisotopic (exact) mass is 126 g/mol. The van der Waals surface area contributed by atoms with Crippen LogP contribution in [0.25, 0.3) is 0 Å². The molecule has 0 aromatic rings. The number of nitrogens with one attached hydrogen (secondary N) is 2. The van der Waals surface area contributed by atoms with Crippen molar-refractivity contribution >= 4 is 0 Å². The van der Waals surface area contributed by atoms with Gasteiger partial charge in [0, 0.05) is 6.54 Å². The molecule has 48 valence electrons. The van der Waals surface area contributed by atoms with E-state index in [4.69, 9.17) is 0 Å². The van der Waals surface area contributed by atoms with E-state index in [1.165, 1.54) is 5.32 Å². The van der Waals surface area contributed by atoms with Gasteiger partial charge < -0.3 is 0 Å². The second-order valence-corrected chi connectivity index (χ2v) is 1.60. The number of alkyl halides is 3. The Morgan fingerprint density at radius 3 is 2.12 bits per heavy atom. The highest BCUT2D eigenvalue weighted by Gasteiger charge is 2.35. The second kappa shape index (κ2) is 1.60. The highest BCUT2D eigenvalue weighted by atomic mass is 19.4. The van der Waals surface area contributed by atoms with E-state index in [9.17, 15) is 13.2 Å². The summed E-state index contributed by atoms with van der Waals surface area (Å²) in [5.74, 6) is 0. The van der Waals surface area contributed by atoms with Crippen LogP contribution in [-0.4, -0.2) is 19.0 Å². The van der Waals surface area contributed by atoms with E-state index in [-0.39, 0.29) is 0 Å². The molecular weight excluding hydrogens is 121 g/mol. The maximum atomic E-state index is 11.2. The topological polar surface area (TPSA) is 34.0 Å². The molecule has 0 aromatic carbocycles. The largest absolute Gasteiger partial charge is 0.458 e. The Morgan fingerprint density at radius 1 is 1.50 bits per heavy atom. The molecule has 1 rings (SSSR count). The molecule has 0 radical (unpaired) electrons. The number of halogens is 3. The fourth-order valence-corrected chi connectivity index (χ4v) is 0.359. The first-order valence-corrected chi connectivity index (χ1v) is 2.16. The zero-order chi connectivity index (χ0) is 6.20. The van der Waals surface area contributed by atoms with Crippen LogP contribution >= 0.6 is 0 Å². The van der Waals surface area contributed by atoms with Crippen molar-refractivity contribution in [1.82, 2.24) is 10.6 Å². The molecule has 2 N–H and O–H groups in total. The fraction of sp³-hybridized carbons (Fsp3) is 1.00. The van der Waals surface area contributed by atoms with Gasteiger partial charge in [-0.05, 0) is 0 Å². The maximum Gasteiger partial charge on any atom is 0.458 e. The molecule has 0 saturated carbocycles. The van der Waals surface area contributed by atoms with E-state index in [0.29, 0.717) is 6.54 Å². The highest BCUT2D eigenvalue weighted by Crippen LogP contribution is 2.12. The van der Waals surface area contributed by atoms with Crippen LogP contribution in [0.1, 0.15) is 0 Å². The SMILES string of the molecule is FC(F)(F)NC1CN1. The van der Waals surface area contributed by atoms with E-state index in [1.54, 1.807) is 0 Å². The van der Waals surface area contributed by atoms with Crippen LogP contribution < -0.4 is 10.6 Å². The van der Waals surface area contributed by atoms with Gasteiger partial charge in [-0.2, -0.15) is 13.2 Å². The molecular formula is C3H5F3N2. The molecule has 1 atom stereocenters. The molecule has 1 heterocycles. The Balaban J connectivity index is 2.16. The van der Waals surface area contributed by atoms with Crippen molar-refractivity contribution in [2.24, 2.45) is 0 Å². The Morgan fingerprint density at radius 2 is 2.00 bits per heavy atom. The molecule has 1 fully saturated rings. The van der Waals surface area contributed by atoms with E-state index in [2.05, 4.69) is 5.32 Å². The van der Waals surface area contributed by atoms with Crippen LogP contribution in [0.3, 0.4) is 0 Å². The molecule has 0 aliphatic carbocycles. The van der Waals surface area contributed by atoms with Crippen molar-refractivity contribution in [3.8, 4) is 0 Å². The van der Waals surface area contributed by atoms with E-state index >= 15 is 0 Å². The summed E-state index contributed by atoms with van der Waals surface area (Å²) in [7, 11) is 0. The number of rotatable bonds is 1. The van der Waals surface area contributed by atoms with Crippen molar-refractivity contribution in [3.05, 3.63) is 0 Å². The van der Waals surface area contributed by atoms with Crippen LogP contribution in [0.4, 0.5) is 13.2 Å². The quantitative estimate of drug-likeness (QED) is 0.383. The summed E-state index contributed by atoms with van der Waals surface area (Å²) in [4.78, 5) is 0. The minimum Gasteiger partial charge on any atom is -0.298 e. The predicted molar refractivity (Wildman–Crippen MR) is 21.0 cm³/mol. The van der Waals surface area contributed by atoms with Gasteiger partial charge in [0.15, 0.2) is 0 Å². The Bertz CT molecular complexity index is 85.0. The molecule has 0 bridgehead atoms. The molecule has 2 nitrogen and oxygen atoms in total. The summed E-state index contributed by atoms with van der Waals surface area (Å²) in [6.07, 6.45) is -4.76. The lowest BCUT2D eigenvalue weighted by Gasteiger charge is -2.03. The minimum absolute atomic E-state index is 0.416. The van der Waals surface area contributed by atoms with Gasteiger partial charge >= 0.3 is 6.30 Å². The molecule has 1 unspecified atom stereocenters. The average Bonchev–Trinajstić information content (AvgIpc) is 2.12. The van der Waals surface area contributed by atoms with Gasteiger partial charge in [-0.15, -0.1) is 0 Å². The van der Waals surface area contributed by atoms with Crippen molar-refractivity contribution in [3.63, 3.8) is 0 Å². The molecule has 0 spiro atoms. The van der Waals surface area contributed by atoms with Crippen molar-refractivity contribution < 1.29 is 13.2 Å². The van der Waals surface area contributed by atoms with Crippen LogP contribution in [0.5, 0.6) is 0 Å². The van der Waals surface area contributed by atoms with Crippen LogP contribution in [0, 0.1) is 0 Å². The van der Waals surface area contributed by atoms with Gasteiger partial charge in [-0.1, -0.05) is 0 Å². The van der Waals surface area contributed by atoms with Gasteiger partial charge in [0.25, 0.3) is 0 Å². The molecule has 1 aliphatic heterocycles. The summed E-state index contributed by atoms with van der Waals surface area (Å²) < 4.78 is 33.6. The summed E-state index contributed by atoms with van der Waals surface area (Å²) >= 11 is 0. The van der Waals surface area contributed by atoms with Crippen LogP contribution in [-0.2, 0) is 0 Å². The van der Waals surface area contributed by atoms with E-state index < -0.39 is 12.5 Å². The normalized spacial score (nSPS) is 28.1. The molecule has 5 heteroatoms. The van der Waals surface area contributed by atoms with E-state index in [1.807, 2.05) is 0 Å². The molecule has 1 saturated heterocycles. The van der Waals surface area contributed by atoms with Gasteiger partial charge in [0.2, 0.25) is 0 Å². The summed E-state index contributed by atoms with van der Waals surface area (Å²) in [5.41, 5.74) is 0. The Hall–Kier alpha value is -0.290. The first-order valence-electron chi connectivity index (χ1n) is 2.16. The fourth-order valence-electron chi connectivity index (χ4n) is 0.359. The minimum atomic E-state index is -4.23. The lowest BCUT2D eigenvalue weighted by molar-refractivity contribution is -0.158.